The minimum atomic E-state index is -0.715. The summed E-state index contributed by atoms with van der Waals surface area (Å²) < 4.78 is 1.09. The first-order valence-electron chi connectivity index (χ1n) is 8.88. The van der Waals surface area contributed by atoms with Gasteiger partial charge in [-0.05, 0) is 36.8 Å². The Morgan fingerprint density at radius 1 is 1.07 bits per heavy atom. The molecule has 3 N–H and O–H groups in total. The van der Waals surface area contributed by atoms with Gasteiger partial charge in [-0.3, -0.25) is 24.1 Å². The highest BCUT2D eigenvalue weighted by Crippen LogP contribution is 2.20. The van der Waals surface area contributed by atoms with Crippen LogP contribution < -0.4 is 16.6 Å². The third-order valence-corrected chi connectivity index (χ3v) is 4.20. The summed E-state index contributed by atoms with van der Waals surface area (Å²) in [6.45, 7) is 3.09. The van der Waals surface area contributed by atoms with Gasteiger partial charge in [0.1, 0.15) is 5.56 Å². The summed E-state index contributed by atoms with van der Waals surface area (Å²) in [5.41, 5.74) is 0.693. The molecule has 0 spiro atoms. The fourth-order valence-electron chi connectivity index (χ4n) is 2.87. The van der Waals surface area contributed by atoms with Crippen LogP contribution in [0.1, 0.15) is 25.0 Å². The molecule has 8 heteroatoms. The monoisotopic (exact) mass is 392 g/mol. The third kappa shape index (κ3) is 4.67. The van der Waals surface area contributed by atoms with E-state index in [1.165, 1.54) is 6.92 Å². The maximum Gasteiger partial charge on any atom is 0.331 e. The zero-order valence-electron chi connectivity index (χ0n) is 16.0. The van der Waals surface area contributed by atoms with Crippen molar-refractivity contribution in [3.05, 3.63) is 86.6 Å². The van der Waals surface area contributed by atoms with E-state index in [-0.39, 0.29) is 23.7 Å². The summed E-state index contributed by atoms with van der Waals surface area (Å²) in [5, 5.41) is 13.3. The molecular formula is C21H20N4O4. The molecule has 0 saturated carbocycles. The van der Waals surface area contributed by atoms with E-state index >= 15 is 0 Å². The van der Waals surface area contributed by atoms with E-state index in [9.17, 15) is 19.5 Å². The molecule has 0 aliphatic heterocycles. The van der Waals surface area contributed by atoms with Gasteiger partial charge in [0.05, 0.1) is 17.9 Å². The minimum Gasteiger partial charge on any atom is -0.494 e. The van der Waals surface area contributed by atoms with Gasteiger partial charge in [-0.15, -0.1) is 0 Å². The molecule has 0 aliphatic rings. The Morgan fingerprint density at radius 3 is 2.34 bits per heavy atom. The lowest BCUT2D eigenvalue weighted by Crippen LogP contribution is -2.33. The van der Waals surface area contributed by atoms with Crippen molar-refractivity contribution in [3.8, 4) is 5.88 Å². The Hall–Kier alpha value is -3.94. The highest BCUT2D eigenvalue weighted by molar-refractivity contribution is 6.01. The van der Waals surface area contributed by atoms with Crippen LogP contribution in [0.3, 0.4) is 0 Å². The number of aromatic nitrogens is 2. The van der Waals surface area contributed by atoms with Crippen LogP contribution in [-0.4, -0.2) is 26.3 Å². The van der Waals surface area contributed by atoms with Crippen molar-refractivity contribution in [2.45, 2.75) is 20.4 Å². The maximum absolute atomic E-state index is 12.3. The lowest BCUT2D eigenvalue weighted by molar-refractivity contribution is -0.114. The number of benzene rings is 2. The number of aliphatic imine (C=N–C) groups is 1. The lowest BCUT2D eigenvalue weighted by atomic mass is 10.2. The number of carbonyl (C=O) groups is 1. The summed E-state index contributed by atoms with van der Waals surface area (Å²) in [6, 6.07) is 15.8. The lowest BCUT2D eigenvalue weighted by Gasteiger charge is -2.11. The molecule has 1 heterocycles. The molecule has 2 aromatic carbocycles. The van der Waals surface area contributed by atoms with Gasteiger partial charge in [0.15, 0.2) is 0 Å². The van der Waals surface area contributed by atoms with E-state index in [0.717, 1.165) is 10.1 Å². The van der Waals surface area contributed by atoms with Crippen LogP contribution in [0.5, 0.6) is 5.88 Å². The Kier molecular flexibility index (Phi) is 5.73. The van der Waals surface area contributed by atoms with E-state index < -0.39 is 17.1 Å². The first-order valence-corrected chi connectivity index (χ1v) is 8.88. The number of aromatic amines is 1. The first kappa shape index (κ1) is 19.8. The molecule has 0 aliphatic carbocycles. The summed E-state index contributed by atoms with van der Waals surface area (Å²) in [4.78, 5) is 42.2. The second kappa shape index (κ2) is 8.39. The number of nitrogens with one attached hydrogen (secondary N) is 2. The second-order valence-corrected chi connectivity index (χ2v) is 6.45. The molecule has 0 unspecified atom stereocenters. The number of carbonyl (C=O) groups excluding carboxylic acids is 1. The number of amides is 1. The predicted molar refractivity (Wildman–Crippen MR) is 111 cm³/mol. The van der Waals surface area contributed by atoms with Crippen LogP contribution in [0.15, 0.2) is 69.2 Å². The summed E-state index contributed by atoms with van der Waals surface area (Å²) >= 11 is 0. The normalized spacial score (nSPS) is 11.3. The van der Waals surface area contributed by atoms with Crippen LogP contribution in [-0.2, 0) is 11.3 Å². The minimum absolute atomic E-state index is 0.0773. The number of hydrogen-bond acceptors (Lipinski definition) is 5. The standard InChI is InChI=1S/C21H20N4O4/c1-13(22-16-8-10-17(11-9-16)23-14(2)26)18-19(27)24-21(29)25(20(18)28)12-15-6-4-3-5-7-15/h3-11,28H,12H2,1-2H3,(H,23,26)(H,24,27,29). The Morgan fingerprint density at radius 2 is 1.72 bits per heavy atom. The van der Waals surface area contributed by atoms with Gasteiger partial charge in [0.25, 0.3) is 5.56 Å². The van der Waals surface area contributed by atoms with Crippen molar-refractivity contribution >= 4 is 23.0 Å². The van der Waals surface area contributed by atoms with E-state index in [0.29, 0.717) is 11.4 Å². The average molecular weight is 392 g/mol. The highest BCUT2D eigenvalue weighted by Gasteiger charge is 2.17. The van der Waals surface area contributed by atoms with Crippen LogP contribution in [0.4, 0.5) is 11.4 Å². The van der Waals surface area contributed by atoms with Crippen molar-refractivity contribution in [2.24, 2.45) is 4.99 Å². The summed E-state index contributed by atoms with van der Waals surface area (Å²) in [6.07, 6.45) is 0. The highest BCUT2D eigenvalue weighted by atomic mass is 16.3. The first-order chi connectivity index (χ1) is 13.8. The maximum atomic E-state index is 12.3. The zero-order valence-corrected chi connectivity index (χ0v) is 16.0. The van der Waals surface area contributed by atoms with Gasteiger partial charge in [0, 0.05) is 12.6 Å². The van der Waals surface area contributed by atoms with Crippen molar-refractivity contribution in [1.82, 2.24) is 9.55 Å². The van der Waals surface area contributed by atoms with Crippen molar-refractivity contribution in [1.29, 1.82) is 0 Å². The Labute approximate surface area is 166 Å². The molecule has 3 aromatic rings. The van der Waals surface area contributed by atoms with Gasteiger partial charge >= 0.3 is 5.69 Å². The number of rotatable bonds is 5. The SMILES string of the molecule is CC(=O)Nc1ccc(N=C(C)c2c(O)n(Cc3ccccc3)c(=O)[nH]c2=O)cc1. The molecule has 0 bridgehead atoms. The molecule has 148 valence electrons. The fourth-order valence-corrected chi connectivity index (χ4v) is 2.87. The molecule has 0 atom stereocenters. The van der Waals surface area contributed by atoms with Crippen LogP contribution in [0.2, 0.25) is 0 Å². The predicted octanol–water partition coefficient (Wildman–Crippen LogP) is 2.39. The largest absolute Gasteiger partial charge is 0.494 e. The molecule has 29 heavy (non-hydrogen) atoms. The van der Waals surface area contributed by atoms with Gasteiger partial charge in [-0.1, -0.05) is 30.3 Å². The number of hydrogen-bond donors (Lipinski definition) is 3. The quantitative estimate of drug-likeness (QED) is 0.578. The zero-order chi connectivity index (χ0) is 21.0. The number of H-pyrrole nitrogens is 1. The Balaban J connectivity index is 1.98. The molecule has 0 saturated heterocycles. The topological polar surface area (TPSA) is 117 Å². The summed E-state index contributed by atoms with van der Waals surface area (Å²) in [7, 11) is 0. The van der Waals surface area contributed by atoms with Crippen LogP contribution in [0.25, 0.3) is 0 Å². The molecule has 1 aromatic heterocycles. The number of aromatic hydroxyl groups is 1. The average Bonchev–Trinajstić information content (AvgIpc) is 2.67. The van der Waals surface area contributed by atoms with E-state index in [2.05, 4.69) is 15.3 Å². The molecule has 1 amide bonds. The van der Waals surface area contributed by atoms with E-state index in [4.69, 9.17) is 0 Å². The molecular weight excluding hydrogens is 372 g/mol. The van der Waals surface area contributed by atoms with Gasteiger partial charge < -0.3 is 10.4 Å². The molecule has 8 nitrogen and oxygen atoms in total. The van der Waals surface area contributed by atoms with Crippen LogP contribution >= 0.6 is 0 Å². The molecule has 0 fully saturated rings. The second-order valence-electron chi connectivity index (χ2n) is 6.45. The van der Waals surface area contributed by atoms with Crippen LogP contribution in [0, 0.1) is 0 Å². The van der Waals surface area contributed by atoms with Gasteiger partial charge in [-0.25, -0.2) is 4.79 Å². The van der Waals surface area contributed by atoms with E-state index in [1.807, 2.05) is 30.3 Å². The smallest absolute Gasteiger partial charge is 0.331 e. The Bertz CT molecular complexity index is 1180. The van der Waals surface area contributed by atoms with Gasteiger partial charge in [-0.2, -0.15) is 0 Å². The van der Waals surface area contributed by atoms with Crippen molar-refractivity contribution < 1.29 is 9.90 Å². The molecule has 0 radical (unpaired) electrons. The van der Waals surface area contributed by atoms with Crippen molar-refractivity contribution in [3.63, 3.8) is 0 Å². The number of nitrogens with zero attached hydrogens (tertiary/aromatic N) is 2. The summed E-state index contributed by atoms with van der Waals surface area (Å²) in [5.74, 6) is -0.631. The fraction of sp³-hybridized carbons (Fsp3) is 0.143. The van der Waals surface area contributed by atoms with Gasteiger partial charge in [0.2, 0.25) is 11.8 Å². The number of anilines is 1. The van der Waals surface area contributed by atoms with E-state index in [1.54, 1.807) is 31.2 Å². The van der Waals surface area contributed by atoms with Crippen molar-refractivity contribution in [2.75, 3.05) is 5.32 Å². The molecule has 3 rings (SSSR count). The third-order valence-electron chi connectivity index (χ3n) is 4.20.